The normalized spacial score (nSPS) is 11.7. The van der Waals surface area contributed by atoms with Crippen molar-refractivity contribution in [2.75, 3.05) is 40.4 Å². The average molecular weight is 495 g/mol. The second-order valence-electron chi connectivity index (χ2n) is 7.15. The molecule has 0 aromatic carbocycles. The van der Waals surface area contributed by atoms with Gasteiger partial charge in [0.1, 0.15) is 12.3 Å². The van der Waals surface area contributed by atoms with Gasteiger partial charge in [0.05, 0.1) is 12.7 Å². The van der Waals surface area contributed by atoms with Gasteiger partial charge in [0.15, 0.2) is 5.96 Å². The Labute approximate surface area is 179 Å². The zero-order valence-corrected chi connectivity index (χ0v) is 19.6. The molecule has 9 heteroatoms. The maximum atomic E-state index is 11.8. The first-order chi connectivity index (χ1) is 12.2. The lowest BCUT2D eigenvalue weighted by Gasteiger charge is -2.14. The molecule has 0 aliphatic carbocycles. The Hall–Kier alpha value is -1.36. The topological polar surface area (TPSA) is 92.0 Å². The number of guanidine groups is 1. The van der Waals surface area contributed by atoms with Gasteiger partial charge in [-0.25, -0.2) is 9.98 Å². The van der Waals surface area contributed by atoms with Crippen molar-refractivity contribution in [3.8, 4) is 0 Å². The first-order valence-electron chi connectivity index (χ1n) is 8.99. The van der Waals surface area contributed by atoms with E-state index < -0.39 is 0 Å². The zero-order valence-electron chi connectivity index (χ0n) is 17.3. The lowest BCUT2D eigenvalue weighted by atomic mass is 9.94. The number of carbonyl (C=O) groups is 1. The predicted molar refractivity (Wildman–Crippen MR) is 118 cm³/mol. The van der Waals surface area contributed by atoms with Gasteiger partial charge < -0.3 is 24.7 Å². The highest BCUT2D eigenvalue weighted by Gasteiger charge is 2.19. The van der Waals surface area contributed by atoms with E-state index in [4.69, 9.17) is 9.15 Å². The van der Waals surface area contributed by atoms with Gasteiger partial charge in [-0.2, -0.15) is 0 Å². The van der Waals surface area contributed by atoms with E-state index in [0.717, 1.165) is 12.2 Å². The smallest absolute Gasteiger partial charge is 0.243 e. The van der Waals surface area contributed by atoms with Crippen LogP contribution in [0.3, 0.4) is 0 Å². The Morgan fingerprint density at radius 2 is 2.04 bits per heavy atom. The number of halogens is 1. The second-order valence-corrected chi connectivity index (χ2v) is 7.15. The second kappa shape index (κ2) is 12.9. The summed E-state index contributed by atoms with van der Waals surface area (Å²) in [5.74, 6) is 1.90. The highest BCUT2D eigenvalue weighted by atomic mass is 127. The first-order valence-corrected chi connectivity index (χ1v) is 8.99. The van der Waals surface area contributed by atoms with Crippen LogP contribution in [0.2, 0.25) is 0 Å². The number of aliphatic imine (C=N–C) groups is 1. The van der Waals surface area contributed by atoms with E-state index in [9.17, 15) is 4.79 Å². The lowest BCUT2D eigenvalue weighted by Crippen LogP contribution is -2.39. The van der Waals surface area contributed by atoms with Gasteiger partial charge in [-0.3, -0.25) is 4.79 Å². The highest BCUT2D eigenvalue weighted by Crippen LogP contribution is 2.22. The lowest BCUT2D eigenvalue weighted by molar-refractivity contribution is -0.127. The number of likely N-dealkylation sites (N-methyl/N-ethyl adjacent to an activating group) is 1. The molecule has 156 valence electrons. The molecule has 1 aromatic rings. The molecule has 0 unspecified atom stereocenters. The summed E-state index contributed by atoms with van der Waals surface area (Å²) in [7, 11) is 3.42. The molecule has 0 saturated heterocycles. The summed E-state index contributed by atoms with van der Waals surface area (Å²) < 4.78 is 11.1. The average Bonchev–Trinajstić information content (AvgIpc) is 3.05. The third-order valence-electron chi connectivity index (χ3n) is 3.53. The van der Waals surface area contributed by atoms with Gasteiger partial charge in [0.2, 0.25) is 11.8 Å². The highest BCUT2D eigenvalue weighted by molar-refractivity contribution is 14.0. The van der Waals surface area contributed by atoms with Crippen LogP contribution < -0.4 is 10.6 Å². The largest absolute Gasteiger partial charge is 0.443 e. The molecule has 0 aliphatic heterocycles. The Kier molecular flexibility index (Phi) is 12.3. The van der Waals surface area contributed by atoms with Crippen LogP contribution in [0.25, 0.3) is 0 Å². The summed E-state index contributed by atoms with van der Waals surface area (Å²) >= 11 is 0. The van der Waals surface area contributed by atoms with Crippen LogP contribution >= 0.6 is 24.0 Å². The fourth-order valence-electron chi connectivity index (χ4n) is 1.89. The van der Waals surface area contributed by atoms with Crippen LogP contribution in [-0.2, 0) is 21.5 Å². The van der Waals surface area contributed by atoms with Gasteiger partial charge in [-0.15, -0.1) is 24.0 Å². The van der Waals surface area contributed by atoms with E-state index in [0.29, 0.717) is 38.2 Å². The number of hydrogen-bond acceptors (Lipinski definition) is 5. The van der Waals surface area contributed by atoms with Crippen LogP contribution in [0.1, 0.15) is 45.8 Å². The third-order valence-corrected chi connectivity index (χ3v) is 3.53. The molecule has 8 nitrogen and oxygen atoms in total. The molecule has 1 heterocycles. The van der Waals surface area contributed by atoms with E-state index >= 15 is 0 Å². The van der Waals surface area contributed by atoms with E-state index in [1.54, 1.807) is 20.3 Å². The van der Waals surface area contributed by atoms with Crippen LogP contribution in [0.15, 0.2) is 15.6 Å². The van der Waals surface area contributed by atoms with Gasteiger partial charge in [-0.05, 0) is 13.3 Å². The summed E-state index contributed by atoms with van der Waals surface area (Å²) in [5.41, 5.74) is -0.0855. The minimum absolute atomic E-state index is 0. The molecule has 0 radical (unpaired) electrons. The van der Waals surface area contributed by atoms with E-state index in [-0.39, 0.29) is 41.8 Å². The Morgan fingerprint density at radius 3 is 2.59 bits per heavy atom. The van der Waals surface area contributed by atoms with Gasteiger partial charge in [0, 0.05) is 39.3 Å². The number of ether oxygens (including phenoxy) is 1. The summed E-state index contributed by atoms with van der Waals surface area (Å²) in [4.78, 5) is 21.9. The fraction of sp³-hybridized carbons (Fsp3) is 0.722. The monoisotopic (exact) mass is 495 g/mol. The minimum Gasteiger partial charge on any atom is -0.443 e. The number of hydrogen-bond donors (Lipinski definition) is 2. The van der Waals surface area contributed by atoms with Crippen LogP contribution in [0.5, 0.6) is 0 Å². The molecule has 0 atom stereocenters. The molecule has 0 bridgehead atoms. The molecule has 0 spiro atoms. The SMILES string of the molecule is CCOCCCNC(=NCC(=O)N(C)C)NCc1ncc(C(C)(C)C)o1.I. The summed E-state index contributed by atoms with van der Waals surface area (Å²) in [6.07, 6.45) is 2.60. The Morgan fingerprint density at radius 1 is 1.33 bits per heavy atom. The Bertz CT molecular complexity index is 582. The zero-order chi connectivity index (χ0) is 19.6. The van der Waals surface area contributed by atoms with E-state index in [2.05, 4.69) is 41.4 Å². The molecule has 1 rings (SSSR count). The van der Waals surface area contributed by atoms with Crippen molar-refractivity contribution in [3.63, 3.8) is 0 Å². The number of rotatable bonds is 9. The molecule has 0 fully saturated rings. The molecule has 0 aliphatic rings. The fourth-order valence-corrected chi connectivity index (χ4v) is 1.89. The van der Waals surface area contributed by atoms with Crippen LogP contribution in [0.4, 0.5) is 0 Å². The molecule has 2 N–H and O–H groups in total. The van der Waals surface area contributed by atoms with Crippen molar-refractivity contribution < 1.29 is 13.9 Å². The van der Waals surface area contributed by atoms with Gasteiger partial charge in [-0.1, -0.05) is 20.8 Å². The number of aromatic nitrogens is 1. The van der Waals surface area contributed by atoms with E-state index in [1.165, 1.54) is 4.90 Å². The molecular weight excluding hydrogens is 461 g/mol. The number of nitrogens with one attached hydrogen (secondary N) is 2. The molecule has 1 aromatic heterocycles. The quantitative estimate of drug-likeness (QED) is 0.236. The van der Waals surface area contributed by atoms with E-state index in [1.807, 2.05) is 6.92 Å². The Balaban J connectivity index is 0.00000676. The third kappa shape index (κ3) is 10.5. The van der Waals surface area contributed by atoms with Gasteiger partial charge in [0.25, 0.3) is 0 Å². The molecule has 27 heavy (non-hydrogen) atoms. The molecule has 1 amide bonds. The van der Waals surface area contributed by atoms with Crippen molar-refractivity contribution in [1.29, 1.82) is 0 Å². The van der Waals surface area contributed by atoms with Crippen molar-refractivity contribution in [2.45, 2.75) is 46.1 Å². The van der Waals surface area contributed by atoms with Crippen molar-refractivity contribution >= 4 is 35.8 Å². The van der Waals surface area contributed by atoms with Crippen LogP contribution in [-0.4, -0.2) is 62.1 Å². The first kappa shape index (κ1) is 25.6. The summed E-state index contributed by atoms with van der Waals surface area (Å²) in [6, 6.07) is 0. The predicted octanol–water partition coefficient (Wildman–Crippen LogP) is 2.14. The van der Waals surface area contributed by atoms with Crippen molar-refractivity contribution in [2.24, 2.45) is 4.99 Å². The summed E-state index contributed by atoms with van der Waals surface area (Å²) in [6.45, 7) is 10.7. The summed E-state index contributed by atoms with van der Waals surface area (Å²) in [5, 5.41) is 6.36. The molecular formula is C18H34IN5O3. The van der Waals surface area contributed by atoms with Gasteiger partial charge >= 0.3 is 0 Å². The van der Waals surface area contributed by atoms with Crippen molar-refractivity contribution in [1.82, 2.24) is 20.5 Å². The minimum atomic E-state index is -0.0855. The number of oxazole rings is 1. The number of amides is 1. The maximum Gasteiger partial charge on any atom is 0.243 e. The standard InChI is InChI=1S/C18H33N5O3.HI/c1-7-25-10-8-9-19-17(22-13-16(24)23(5)6)21-12-15-20-11-14(26-15)18(2,3)4;/h11H,7-10,12-13H2,1-6H3,(H2,19,21,22);1H. The maximum absolute atomic E-state index is 11.8. The van der Waals surface area contributed by atoms with Crippen molar-refractivity contribution in [3.05, 3.63) is 17.8 Å². The van der Waals surface area contributed by atoms with Crippen LogP contribution in [0, 0.1) is 0 Å². The number of carbonyl (C=O) groups excluding carboxylic acids is 1. The number of nitrogens with zero attached hydrogens (tertiary/aromatic N) is 3. The molecule has 0 saturated carbocycles.